The third kappa shape index (κ3) is 3.51. The normalized spacial score (nSPS) is 10.5. The number of nitrogens with one attached hydrogen (secondary N) is 2. The van der Waals surface area contributed by atoms with Crippen molar-refractivity contribution in [1.29, 1.82) is 0 Å². The van der Waals surface area contributed by atoms with Gasteiger partial charge in [0.25, 0.3) is 5.91 Å². The molecule has 5 nitrogen and oxygen atoms in total. The van der Waals surface area contributed by atoms with E-state index in [1.807, 2.05) is 13.1 Å². The van der Waals surface area contributed by atoms with Gasteiger partial charge in [-0.25, -0.2) is 0 Å². The summed E-state index contributed by atoms with van der Waals surface area (Å²) in [7, 11) is 0. The van der Waals surface area contributed by atoms with Crippen molar-refractivity contribution >= 4 is 23.2 Å². The second kappa shape index (κ2) is 6.43. The Balaban J connectivity index is 1.80. The number of carbonyl (C=O) groups is 1. The molecule has 106 valence electrons. The second-order valence-electron chi connectivity index (χ2n) is 4.62. The number of benzene rings is 1. The van der Waals surface area contributed by atoms with E-state index < -0.39 is 0 Å². The highest BCUT2D eigenvalue weighted by Gasteiger charge is 2.07. The van der Waals surface area contributed by atoms with Crippen molar-refractivity contribution < 1.29 is 4.79 Å². The fourth-order valence-corrected chi connectivity index (χ4v) is 2.06. The smallest absolute Gasteiger partial charge is 0.251 e. The summed E-state index contributed by atoms with van der Waals surface area (Å²) in [4.78, 5) is 11.9. The lowest BCUT2D eigenvalue weighted by atomic mass is 10.1. The van der Waals surface area contributed by atoms with E-state index in [1.54, 1.807) is 18.2 Å². The van der Waals surface area contributed by atoms with Gasteiger partial charge in [-0.15, -0.1) is 0 Å². The van der Waals surface area contributed by atoms with Gasteiger partial charge in [-0.1, -0.05) is 11.6 Å². The van der Waals surface area contributed by atoms with Gasteiger partial charge in [0.15, 0.2) is 0 Å². The Bertz CT molecular complexity index is 609. The average molecular weight is 293 g/mol. The Morgan fingerprint density at radius 3 is 2.95 bits per heavy atom. The first-order valence-corrected chi connectivity index (χ1v) is 6.78. The fourth-order valence-electron chi connectivity index (χ4n) is 1.88. The van der Waals surface area contributed by atoms with Gasteiger partial charge >= 0.3 is 0 Å². The zero-order chi connectivity index (χ0) is 14.5. The number of H-pyrrole nitrogens is 1. The molecule has 0 aliphatic heterocycles. The molecular weight excluding hydrogens is 276 g/mol. The van der Waals surface area contributed by atoms with E-state index in [4.69, 9.17) is 17.3 Å². The third-order valence-corrected chi connectivity index (χ3v) is 3.43. The first kappa shape index (κ1) is 14.4. The molecule has 2 rings (SSSR count). The van der Waals surface area contributed by atoms with Crippen molar-refractivity contribution in [2.45, 2.75) is 19.8 Å². The van der Waals surface area contributed by atoms with E-state index in [1.165, 1.54) is 5.56 Å². The summed E-state index contributed by atoms with van der Waals surface area (Å²) < 4.78 is 0. The largest absolute Gasteiger partial charge is 0.398 e. The number of hydrogen-bond donors (Lipinski definition) is 3. The fraction of sp³-hybridized carbons (Fsp3) is 0.286. The highest BCUT2D eigenvalue weighted by molar-refractivity contribution is 6.33. The van der Waals surface area contributed by atoms with Crippen LogP contribution in [0.5, 0.6) is 0 Å². The van der Waals surface area contributed by atoms with Crippen molar-refractivity contribution in [3.63, 3.8) is 0 Å². The molecule has 0 spiro atoms. The molecular formula is C14H17ClN4O. The molecule has 1 aromatic carbocycles. The van der Waals surface area contributed by atoms with Crippen LogP contribution in [0.25, 0.3) is 0 Å². The van der Waals surface area contributed by atoms with Gasteiger partial charge in [-0.2, -0.15) is 5.10 Å². The van der Waals surface area contributed by atoms with Crippen LogP contribution in [0.15, 0.2) is 24.4 Å². The summed E-state index contributed by atoms with van der Waals surface area (Å²) >= 11 is 5.89. The average Bonchev–Trinajstić information content (AvgIpc) is 2.83. The van der Waals surface area contributed by atoms with Crippen molar-refractivity contribution in [1.82, 2.24) is 15.5 Å². The summed E-state index contributed by atoms with van der Waals surface area (Å²) in [5, 5.41) is 10.1. The van der Waals surface area contributed by atoms with Gasteiger partial charge in [0.2, 0.25) is 0 Å². The Kier molecular flexibility index (Phi) is 4.63. The van der Waals surface area contributed by atoms with E-state index in [2.05, 4.69) is 15.5 Å². The van der Waals surface area contributed by atoms with Crippen LogP contribution >= 0.6 is 11.6 Å². The molecule has 0 fully saturated rings. The first-order chi connectivity index (χ1) is 9.58. The second-order valence-corrected chi connectivity index (χ2v) is 5.02. The van der Waals surface area contributed by atoms with Crippen molar-refractivity contribution in [3.05, 3.63) is 46.2 Å². The van der Waals surface area contributed by atoms with Gasteiger partial charge in [0.05, 0.1) is 16.9 Å². The number of aromatic nitrogens is 2. The van der Waals surface area contributed by atoms with E-state index in [-0.39, 0.29) is 5.91 Å². The predicted molar refractivity (Wildman–Crippen MR) is 79.8 cm³/mol. The number of nitrogens with two attached hydrogens (primary N) is 1. The number of hydrogen-bond acceptors (Lipinski definition) is 3. The van der Waals surface area contributed by atoms with E-state index in [9.17, 15) is 4.79 Å². The molecule has 1 aromatic heterocycles. The maximum atomic E-state index is 11.9. The lowest BCUT2D eigenvalue weighted by Crippen LogP contribution is -2.24. The van der Waals surface area contributed by atoms with Crippen molar-refractivity contribution in [2.75, 3.05) is 12.3 Å². The maximum absolute atomic E-state index is 11.9. The van der Waals surface area contributed by atoms with Gasteiger partial charge in [0, 0.05) is 17.8 Å². The summed E-state index contributed by atoms with van der Waals surface area (Å²) in [6.45, 7) is 2.59. The number of aryl methyl sites for hydroxylation is 2. The topological polar surface area (TPSA) is 83.8 Å². The molecule has 0 saturated heterocycles. The Morgan fingerprint density at radius 1 is 1.50 bits per heavy atom. The number of aromatic amines is 1. The first-order valence-electron chi connectivity index (χ1n) is 6.40. The molecule has 0 radical (unpaired) electrons. The minimum absolute atomic E-state index is 0.143. The molecule has 0 aliphatic carbocycles. The highest BCUT2D eigenvalue weighted by Crippen LogP contribution is 2.19. The van der Waals surface area contributed by atoms with Crippen LogP contribution in [0.1, 0.15) is 28.0 Å². The maximum Gasteiger partial charge on any atom is 0.251 e. The van der Waals surface area contributed by atoms with E-state index in [0.29, 0.717) is 22.8 Å². The Hall–Kier alpha value is -2.01. The third-order valence-electron chi connectivity index (χ3n) is 3.11. The number of halogens is 1. The van der Waals surface area contributed by atoms with Crippen LogP contribution in [0.3, 0.4) is 0 Å². The molecule has 1 heterocycles. The number of amides is 1. The molecule has 0 saturated carbocycles. The van der Waals surface area contributed by atoms with Crippen LogP contribution < -0.4 is 11.1 Å². The summed E-state index contributed by atoms with van der Waals surface area (Å²) in [5.74, 6) is -0.143. The monoisotopic (exact) mass is 292 g/mol. The van der Waals surface area contributed by atoms with Gasteiger partial charge in [-0.3, -0.25) is 9.89 Å². The predicted octanol–water partition coefficient (Wildman–Crippen LogP) is 2.32. The van der Waals surface area contributed by atoms with Gasteiger partial charge in [-0.05, 0) is 43.5 Å². The minimum atomic E-state index is -0.143. The minimum Gasteiger partial charge on any atom is -0.398 e. The molecule has 0 unspecified atom stereocenters. The number of anilines is 1. The summed E-state index contributed by atoms with van der Waals surface area (Å²) in [6, 6.07) is 4.87. The molecule has 0 bridgehead atoms. The van der Waals surface area contributed by atoms with Gasteiger partial charge in [0.1, 0.15) is 0 Å². The zero-order valence-corrected chi connectivity index (χ0v) is 12.0. The SMILES string of the molecule is Cc1[nH]ncc1CCCNC(=O)c1ccc(N)c(Cl)c1. The van der Waals surface area contributed by atoms with E-state index >= 15 is 0 Å². The quantitative estimate of drug-likeness (QED) is 0.584. The van der Waals surface area contributed by atoms with Crippen LogP contribution in [0.4, 0.5) is 5.69 Å². The van der Waals surface area contributed by atoms with Crippen LogP contribution in [-0.2, 0) is 6.42 Å². The molecule has 20 heavy (non-hydrogen) atoms. The Morgan fingerprint density at radius 2 is 2.30 bits per heavy atom. The van der Waals surface area contributed by atoms with Crippen LogP contribution in [0, 0.1) is 6.92 Å². The number of nitrogens with zero attached hydrogens (tertiary/aromatic N) is 1. The zero-order valence-electron chi connectivity index (χ0n) is 11.2. The Labute approximate surface area is 122 Å². The van der Waals surface area contributed by atoms with E-state index in [0.717, 1.165) is 18.5 Å². The lowest BCUT2D eigenvalue weighted by molar-refractivity contribution is 0.0953. The lowest BCUT2D eigenvalue weighted by Gasteiger charge is -2.06. The molecule has 2 aromatic rings. The van der Waals surface area contributed by atoms with Crippen molar-refractivity contribution in [2.24, 2.45) is 0 Å². The highest BCUT2D eigenvalue weighted by atomic mass is 35.5. The molecule has 0 atom stereocenters. The van der Waals surface area contributed by atoms with Crippen LogP contribution in [-0.4, -0.2) is 22.6 Å². The molecule has 6 heteroatoms. The molecule has 0 aliphatic rings. The number of carbonyl (C=O) groups excluding carboxylic acids is 1. The number of nitrogen functional groups attached to an aromatic ring is 1. The number of rotatable bonds is 5. The summed E-state index contributed by atoms with van der Waals surface area (Å²) in [5.41, 5.74) is 8.84. The van der Waals surface area contributed by atoms with Crippen LogP contribution in [0.2, 0.25) is 5.02 Å². The molecule has 4 N–H and O–H groups in total. The molecule has 1 amide bonds. The van der Waals surface area contributed by atoms with Gasteiger partial charge < -0.3 is 11.1 Å². The standard InChI is InChI=1S/C14H17ClN4O/c1-9-11(8-18-19-9)3-2-6-17-14(20)10-4-5-13(16)12(15)7-10/h4-5,7-8H,2-3,6,16H2,1H3,(H,17,20)(H,18,19). The van der Waals surface area contributed by atoms with Crippen molar-refractivity contribution in [3.8, 4) is 0 Å². The summed E-state index contributed by atoms with van der Waals surface area (Å²) in [6.07, 6.45) is 3.55.